The molecule has 1 unspecified atom stereocenters. The molecular formula is C49H49ClF2N6O6S. The van der Waals surface area contributed by atoms with Gasteiger partial charge in [0.2, 0.25) is 12.0 Å². The largest absolute Gasteiger partial charge is 0.490 e. The van der Waals surface area contributed by atoms with Crippen LogP contribution in [0.4, 0.5) is 8.78 Å². The number of aliphatic carboxylic acids is 1. The summed E-state index contributed by atoms with van der Waals surface area (Å²) >= 11 is 8.61. The number of carboxylic acid groups (broad SMARTS) is 1. The number of alkyl halides is 1. The molecule has 12 nitrogen and oxygen atoms in total. The molecule has 0 amide bonds. The number of hydrogen-bond acceptors (Lipinski definition) is 12. The smallest absolute Gasteiger partial charge is 0.345 e. The molecule has 65 heavy (non-hydrogen) atoms. The van der Waals surface area contributed by atoms with Crippen molar-refractivity contribution in [2.75, 3.05) is 46.4 Å². The maximum atomic E-state index is 14.3. The second kappa shape index (κ2) is 20.5. The van der Waals surface area contributed by atoms with Crippen LogP contribution < -0.4 is 14.2 Å². The Kier molecular flexibility index (Phi) is 14.4. The molecule has 1 N–H and O–H groups in total. The normalized spacial score (nSPS) is 22.5. The van der Waals surface area contributed by atoms with Gasteiger partial charge in [-0.1, -0.05) is 36.7 Å². The molecule has 0 saturated carbocycles. The summed E-state index contributed by atoms with van der Waals surface area (Å²) in [6.07, 6.45) is 9.66. The van der Waals surface area contributed by atoms with Crippen LogP contribution in [0.3, 0.4) is 0 Å². The number of ether oxygens (including phenoxy) is 4. The third-order valence-electron chi connectivity index (χ3n) is 11.8. The van der Waals surface area contributed by atoms with Crippen LogP contribution in [0.1, 0.15) is 62.2 Å². The van der Waals surface area contributed by atoms with Gasteiger partial charge in [-0.3, -0.25) is 4.90 Å². The summed E-state index contributed by atoms with van der Waals surface area (Å²) in [5.74, 6) is 2.56. The zero-order valence-electron chi connectivity index (χ0n) is 36.4. The van der Waals surface area contributed by atoms with E-state index in [-0.39, 0.29) is 36.3 Å². The number of fused-ring (bicyclic) bond motifs is 2. The number of terminal acetylenes is 1. The summed E-state index contributed by atoms with van der Waals surface area (Å²) in [7, 11) is 2.09. The molecule has 3 aliphatic rings. The number of carbonyl (C=O) groups is 1. The van der Waals surface area contributed by atoms with Gasteiger partial charge in [0.1, 0.15) is 54.0 Å². The molecule has 2 aromatic carbocycles. The highest BCUT2D eigenvalue weighted by atomic mass is 35.5. The Bertz CT molecular complexity index is 2690. The second-order valence-electron chi connectivity index (χ2n) is 16.3. The molecule has 3 aromatic heterocycles. The monoisotopic (exact) mass is 922 g/mol. The lowest BCUT2D eigenvalue weighted by molar-refractivity contribution is -0.145. The van der Waals surface area contributed by atoms with E-state index in [1.165, 1.54) is 29.8 Å². The number of piperazine rings is 1. The van der Waals surface area contributed by atoms with Gasteiger partial charge in [0.15, 0.2) is 11.6 Å². The van der Waals surface area contributed by atoms with Gasteiger partial charge in [0.05, 0.1) is 16.1 Å². The van der Waals surface area contributed by atoms with Crippen LogP contribution in [-0.2, 0) is 22.6 Å². The highest BCUT2D eigenvalue weighted by Gasteiger charge is 2.30. The minimum atomic E-state index is -1.47. The minimum absolute atomic E-state index is 0.0327. The predicted molar refractivity (Wildman–Crippen MR) is 247 cm³/mol. The minimum Gasteiger partial charge on any atom is -0.490 e. The number of benzene rings is 2. The lowest BCUT2D eigenvalue weighted by Crippen LogP contribution is -2.48. The molecule has 16 heteroatoms. The average molecular weight is 923 g/mol. The first-order valence-corrected chi connectivity index (χ1v) is 22.8. The number of halogens is 3. The van der Waals surface area contributed by atoms with E-state index in [1.54, 1.807) is 42.6 Å². The Labute approximate surface area is 385 Å². The van der Waals surface area contributed by atoms with E-state index < -0.39 is 30.2 Å². The van der Waals surface area contributed by atoms with Crippen LogP contribution in [-0.4, -0.2) is 106 Å². The Balaban J connectivity index is 1.24. The van der Waals surface area contributed by atoms with Gasteiger partial charge in [-0.25, -0.2) is 33.5 Å². The fraction of sp³-hybridized carbons (Fsp3) is 0.367. The Morgan fingerprint density at radius 2 is 1.89 bits per heavy atom. The van der Waals surface area contributed by atoms with Gasteiger partial charge >= 0.3 is 5.97 Å². The summed E-state index contributed by atoms with van der Waals surface area (Å²) < 4.78 is 54.1. The van der Waals surface area contributed by atoms with Gasteiger partial charge < -0.3 is 29.0 Å². The SMILES string of the molecule is C#C/C1=C(Cl)\C(C)=C(/CC)c2c(-c3ccc(F)cc3)sc3ncnc(c23)O[C@@H](C(=O)O)Cc2cc(ccc2OCc2ccnc(C3=CCC(F)CC3)n2)OC[C@@H](CN2CCN(C)CC2)O1. The molecular weight excluding hydrogens is 874 g/mol. The molecule has 5 heterocycles. The molecule has 2 aliphatic heterocycles. The first-order valence-electron chi connectivity index (χ1n) is 21.6. The van der Waals surface area contributed by atoms with E-state index in [0.29, 0.717) is 87.7 Å². The molecule has 8 rings (SSSR count). The summed E-state index contributed by atoms with van der Waals surface area (Å²) in [6, 6.07) is 13.1. The van der Waals surface area contributed by atoms with Crippen molar-refractivity contribution in [1.82, 2.24) is 29.7 Å². The third-order valence-corrected chi connectivity index (χ3v) is 13.4. The Hall–Kier alpha value is -5.92. The average Bonchev–Trinajstić information content (AvgIpc) is 3.70. The summed E-state index contributed by atoms with van der Waals surface area (Å²) in [4.78, 5) is 37.3. The highest BCUT2D eigenvalue weighted by molar-refractivity contribution is 7.22. The third kappa shape index (κ3) is 10.6. The van der Waals surface area contributed by atoms with Gasteiger partial charge in [0.25, 0.3) is 0 Å². The standard InChI is InChI=1S/C49H49ClF2N6O6S/c1-5-38-29(3)44(50)39(6-2)63-37(25-58-21-19-57(4)20-22-58)27-61-36-15-16-40(62-26-35-17-18-53-46(56-35)31-9-13-34(52)14-10-31)32(23-36)24-41(49(59)60)64-47-43-42(38)45(65-48(43)55-28-54-47)30-7-11-33(51)12-8-30/h2,7-9,11-12,15-18,23,28,34,37,41H,5,10,13-14,19-22,24-27H2,1,3-4H3,(H,59,60)/b38-29+,44-39-/t34?,37-,41-/m1/s1. The quantitative estimate of drug-likeness (QED) is 0.142. The van der Waals surface area contributed by atoms with Crippen molar-refractivity contribution in [3.8, 4) is 40.2 Å². The number of thiophene rings is 1. The molecule has 1 saturated heterocycles. The van der Waals surface area contributed by atoms with Gasteiger partial charge in [-0.2, -0.15) is 0 Å². The molecule has 2 bridgehead atoms. The second-order valence-corrected chi connectivity index (χ2v) is 17.6. The lowest BCUT2D eigenvalue weighted by Gasteiger charge is -2.34. The van der Waals surface area contributed by atoms with E-state index in [2.05, 4.69) is 37.7 Å². The maximum absolute atomic E-state index is 14.3. The van der Waals surface area contributed by atoms with Crippen molar-refractivity contribution in [2.24, 2.45) is 0 Å². The van der Waals surface area contributed by atoms with Crippen molar-refractivity contribution in [1.29, 1.82) is 0 Å². The van der Waals surface area contributed by atoms with E-state index >= 15 is 0 Å². The Morgan fingerprint density at radius 3 is 2.62 bits per heavy atom. The van der Waals surface area contributed by atoms with Crippen LogP contribution in [0.5, 0.6) is 17.4 Å². The number of likely N-dealkylation sites (N-methyl/N-ethyl adjacent to an activating group) is 1. The fourth-order valence-corrected chi connectivity index (χ4v) is 9.60. The van der Waals surface area contributed by atoms with Gasteiger partial charge in [-0.15, -0.1) is 17.8 Å². The lowest BCUT2D eigenvalue weighted by atomic mass is 9.93. The first kappa shape index (κ1) is 45.6. The fourth-order valence-electron chi connectivity index (χ4n) is 8.22. The van der Waals surface area contributed by atoms with E-state index in [4.69, 9.17) is 42.0 Å². The zero-order chi connectivity index (χ0) is 45.6. The number of carboxylic acids is 1. The van der Waals surface area contributed by atoms with E-state index in [1.807, 2.05) is 19.9 Å². The Morgan fingerprint density at radius 1 is 1.09 bits per heavy atom. The van der Waals surface area contributed by atoms with E-state index in [9.17, 15) is 18.7 Å². The molecule has 338 valence electrons. The van der Waals surface area contributed by atoms with Crippen molar-refractivity contribution < 1.29 is 37.6 Å². The number of aromatic nitrogens is 4. The molecule has 0 radical (unpaired) electrons. The molecule has 0 spiro atoms. The summed E-state index contributed by atoms with van der Waals surface area (Å²) in [6.45, 7) is 7.83. The van der Waals surface area contributed by atoms with Crippen molar-refractivity contribution >= 4 is 50.3 Å². The summed E-state index contributed by atoms with van der Waals surface area (Å²) in [5, 5.41) is 11.5. The number of hydrogen-bond donors (Lipinski definition) is 1. The molecule has 1 fully saturated rings. The highest BCUT2D eigenvalue weighted by Crippen LogP contribution is 2.47. The van der Waals surface area contributed by atoms with Crippen molar-refractivity contribution in [3.63, 3.8) is 0 Å². The zero-order valence-corrected chi connectivity index (χ0v) is 37.9. The van der Waals surface area contributed by atoms with Crippen molar-refractivity contribution in [3.05, 3.63) is 112 Å². The molecule has 3 atom stereocenters. The topological polar surface area (TPSA) is 132 Å². The summed E-state index contributed by atoms with van der Waals surface area (Å²) in [5.41, 5.74) is 4.67. The van der Waals surface area contributed by atoms with Crippen LogP contribution in [0.15, 0.2) is 83.5 Å². The number of allylic oxidation sites excluding steroid dienone is 6. The van der Waals surface area contributed by atoms with Gasteiger partial charge in [0, 0.05) is 61.3 Å². The molecule has 1 aliphatic carbocycles. The predicted octanol–water partition coefficient (Wildman–Crippen LogP) is 9.14. The van der Waals surface area contributed by atoms with Crippen LogP contribution in [0.2, 0.25) is 0 Å². The van der Waals surface area contributed by atoms with Crippen LogP contribution >= 0.6 is 22.9 Å². The first-order chi connectivity index (χ1) is 31.5. The number of rotatable bonds is 9. The number of nitrogens with zero attached hydrogens (tertiary/aromatic N) is 6. The maximum Gasteiger partial charge on any atom is 0.345 e. The molecule has 5 aromatic rings. The van der Waals surface area contributed by atoms with Crippen molar-refractivity contribution in [2.45, 2.75) is 70.9 Å². The van der Waals surface area contributed by atoms with Gasteiger partial charge in [-0.05, 0) is 104 Å². The van der Waals surface area contributed by atoms with Crippen LogP contribution in [0.25, 0.3) is 31.8 Å². The van der Waals surface area contributed by atoms with Crippen LogP contribution in [0, 0.1) is 18.2 Å². The van der Waals surface area contributed by atoms with E-state index in [0.717, 1.165) is 42.2 Å².